The molecule has 4 nitrogen and oxygen atoms in total. The lowest BCUT2D eigenvalue weighted by Crippen LogP contribution is -2.30. The summed E-state index contributed by atoms with van der Waals surface area (Å²) in [6.07, 6.45) is 16.4. The van der Waals surface area contributed by atoms with E-state index in [-0.39, 0.29) is 10.2 Å². The third-order valence-electron chi connectivity index (χ3n) is 6.06. The number of hydrogen-bond donors (Lipinski definition) is 0. The Morgan fingerprint density at radius 2 is 0.778 bits per heavy atom. The largest absolute Gasteiger partial charge is 0.357 e. The first-order valence-corrected chi connectivity index (χ1v) is 16.8. The third-order valence-corrected chi connectivity index (χ3v) is 8.80. The number of thiocarbonyl (C=S) groups is 2. The summed E-state index contributed by atoms with van der Waals surface area (Å²) in [6, 6.07) is 0. The molecule has 8 heteroatoms. The van der Waals surface area contributed by atoms with E-state index in [2.05, 4.69) is 37.5 Å². The molecule has 0 atom stereocenters. The van der Waals surface area contributed by atoms with Gasteiger partial charge in [-0.1, -0.05) is 103 Å². The zero-order valence-electron chi connectivity index (χ0n) is 23.5. The Morgan fingerprint density at radius 1 is 0.500 bits per heavy atom. The fraction of sp³-hybridized carbons (Fsp3) is 0.857. The van der Waals surface area contributed by atoms with Crippen LogP contribution in [0.25, 0.3) is 0 Å². The average Bonchev–Trinajstić information content (AvgIpc) is 2.85. The van der Waals surface area contributed by atoms with E-state index in [1.807, 2.05) is 0 Å². The summed E-state index contributed by atoms with van der Waals surface area (Å²) in [5, 5.41) is 0.395. The van der Waals surface area contributed by atoms with Gasteiger partial charge >= 0.3 is 0 Å². The van der Waals surface area contributed by atoms with E-state index >= 15 is 0 Å². The van der Waals surface area contributed by atoms with Crippen LogP contribution in [0, 0.1) is 0 Å². The van der Waals surface area contributed by atoms with E-state index in [0.717, 1.165) is 125 Å². The molecule has 0 N–H and O–H groups in total. The SMILES string of the molecule is CCCCN(CCCC)C(=S)SC(=O)CCCCCCCCC(=O)SC(=S)N(CCCC)CCCC. The molecule has 0 rings (SSSR count). The normalized spacial score (nSPS) is 10.9. The van der Waals surface area contributed by atoms with Crippen LogP contribution >= 0.6 is 48.0 Å². The van der Waals surface area contributed by atoms with Gasteiger partial charge in [-0.05, 0) is 62.0 Å². The van der Waals surface area contributed by atoms with Crippen molar-refractivity contribution in [2.45, 2.75) is 130 Å². The lowest BCUT2D eigenvalue weighted by atomic mass is 10.1. The second-order valence-corrected chi connectivity index (χ2v) is 12.9. The summed E-state index contributed by atoms with van der Waals surface area (Å²) in [7, 11) is 0. The molecule has 0 amide bonds. The first-order chi connectivity index (χ1) is 17.4. The maximum Gasteiger partial charge on any atom is 0.195 e. The minimum absolute atomic E-state index is 0.198. The summed E-state index contributed by atoms with van der Waals surface area (Å²) in [4.78, 5) is 29.2. The molecular formula is C28H52N2O2S4. The number of thioether (sulfide) groups is 2. The summed E-state index contributed by atoms with van der Waals surface area (Å²) in [5.74, 6) is 0. The zero-order valence-corrected chi connectivity index (χ0v) is 26.8. The van der Waals surface area contributed by atoms with E-state index in [9.17, 15) is 9.59 Å². The molecule has 0 saturated carbocycles. The van der Waals surface area contributed by atoms with E-state index < -0.39 is 0 Å². The first-order valence-electron chi connectivity index (χ1n) is 14.4. The van der Waals surface area contributed by atoms with E-state index in [1.54, 1.807) is 0 Å². The van der Waals surface area contributed by atoms with Gasteiger partial charge in [0.2, 0.25) is 0 Å². The van der Waals surface area contributed by atoms with Gasteiger partial charge in [-0.25, -0.2) is 0 Å². The van der Waals surface area contributed by atoms with Crippen LogP contribution in [0.5, 0.6) is 0 Å². The van der Waals surface area contributed by atoms with Crippen LogP contribution < -0.4 is 0 Å². The van der Waals surface area contributed by atoms with Gasteiger partial charge in [-0.3, -0.25) is 9.59 Å². The highest BCUT2D eigenvalue weighted by atomic mass is 32.2. The van der Waals surface area contributed by atoms with Gasteiger partial charge in [0.1, 0.15) is 8.64 Å². The van der Waals surface area contributed by atoms with Crippen LogP contribution in [0.3, 0.4) is 0 Å². The Labute approximate surface area is 241 Å². The lowest BCUT2D eigenvalue weighted by Gasteiger charge is -2.24. The van der Waals surface area contributed by atoms with Crippen LogP contribution in [0.4, 0.5) is 0 Å². The molecule has 0 heterocycles. The van der Waals surface area contributed by atoms with Crippen LogP contribution in [0.15, 0.2) is 0 Å². The molecule has 0 aromatic carbocycles. The second-order valence-electron chi connectivity index (χ2n) is 9.49. The molecule has 0 aliphatic carbocycles. The van der Waals surface area contributed by atoms with Crippen LogP contribution in [-0.4, -0.2) is 54.9 Å². The highest BCUT2D eigenvalue weighted by Gasteiger charge is 2.15. The molecule has 0 unspecified atom stereocenters. The molecule has 0 aromatic heterocycles. The second kappa shape index (κ2) is 25.1. The molecule has 0 aliphatic heterocycles. The zero-order chi connectivity index (χ0) is 27.0. The molecule has 0 spiro atoms. The summed E-state index contributed by atoms with van der Waals surface area (Å²) >= 11 is 13.6. The Balaban J connectivity index is 3.98. The van der Waals surface area contributed by atoms with Crippen LogP contribution in [-0.2, 0) is 9.59 Å². The van der Waals surface area contributed by atoms with Gasteiger partial charge in [-0.2, -0.15) is 0 Å². The monoisotopic (exact) mass is 576 g/mol. The number of carbonyl (C=O) groups excluding carboxylic acids is 2. The van der Waals surface area contributed by atoms with E-state index in [4.69, 9.17) is 24.4 Å². The number of hydrogen-bond acceptors (Lipinski definition) is 6. The van der Waals surface area contributed by atoms with Gasteiger partial charge in [0.25, 0.3) is 0 Å². The topological polar surface area (TPSA) is 40.6 Å². The molecular weight excluding hydrogens is 525 g/mol. The quantitative estimate of drug-likeness (QED) is 0.0990. The molecule has 210 valence electrons. The predicted molar refractivity (Wildman–Crippen MR) is 170 cm³/mol. The van der Waals surface area contributed by atoms with Crippen molar-refractivity contribution in [1.29, 1.82) is 0 Å². The van der Waals surface area contributed by atoms with Gasteiger partial charge in [0, 0.05) is 39.0 Å². The first kappa shape index (κ1) is 35.8. The van der Waals surface area contributed by atoms with Gasteiger partial charge in [0.15, 0.2) is 10.2 Å². The number of rotatable bonds is 21. The van der Waals surface area contributed by atoms with Crippen molar-refractivity contribution in [2.24, 2.45) is 0 Å². The third kappa shape index (κ3) is 19.9. The Bertz CT molecular complexity index is 548. The fourth-order valence-electron chi connectivity index (χ4n) is 3.66. The van der Waals surface area contributed by atoms with E-state index in [0.29, 0.717) is 12.8 Å². The highest BCUT2D eigenvalue weighted by Crippen LogP contribution is 2.19. The predicted octanol–water partition coefficient (Wildman–Crippen LogP) is 9.00. The molecule has 0 aromatic rings. The van der Waals surface area contributed by atoms with Crippen molar-refractivity contribution in [3.63, 3.8) is 0 Å². The Morgan fingerprint density at radius 3 is 1.06 bits per heavy atom. The molecule has 0 aliphatic rings. The smallest absolute Gasteiger partial charge is 0.195 e. The number of nitrogens with zero attached hydrogens (tertiary/aromatic N) is 2. The molecule has 36 heavy (non-hydrogen) atoms. The molecule has 0 bridgehead atoms. The minimum Gasteiger partial charge on any atom is -0.357 e. The summed E-state index contributed by atoms with van der Waals surface area (Å²) in [6.45, 7) is 12.6. The van der Waals surface area contributed by atoms with Crippen LogP contribution in [0.1, 0.15) is 130 Å². The lowest BCUT2D eigenvalue weighted by molar-refractivity contribution is -0.111. The maximum atomic E-state index is 12.4. The van der Waals surface area contributed by atoms with Crippen molar-refractivity contribution in [1.82, 2.24) is 9.80 Å². The number of carbonyl (C=O) groups is 2. The average molecular weight is 577 g/mol. The van der Waals surface area contributed by atoms with Gasteiger partial charge < -0.3 is 9.80 Å². The Hall–Kier alpha value is -0.180. The van der Waals surface area contributed by atoms with Crippen molar-refractivity contribution in [2.75, 3.05) is 26.2 Å². The van der Waals surface area contributed by atoms with Crippen molar-refractivity contribution in [3.8, 4) is 0 Å². The Kier molecular flexibility index (Phi) is 25.0. The molecule has 0 radical (unpaired) electrons. The summed E-state index contributed by atoms with van der Waals surface area (Å²) < 4.78 is 1.51. The fourth-order valence-corrected chi connectivity index (χ4v) is 6.08. The van der Waals surface area contributed by atoms with Crippen molar-refractivity contribution in [3.05, 3.63) is 0 Å². The van der Waals surface area contributed by atoms with Crippen molar-refractivity contribution < 1.29 is 9.59 Å². The molecule has 0 saturated heterocycles. The molecule has 0 fully saturated rings. The van der Waals surface area contributed by atoms with Gasteiger partial charge in [0.05, 0.1) is 0 Å². The van der Waals surface area contributed by atoms with Gasteiger partial charge in [-0.15, -0.1) is 0 Å². The highest BCUT2D eigenvalue weighted by molar-refractivity contribution is 8.33. The van der Waals surface area contributed by atoms with Crippen LogP contribution in [0.2, 0.25) is 0 Å². The standard InChI is InChI=1S/C28H52N2O2S4/c1-5-9-21-29(22-10-6-2)27(33)35-25(31)19-17-15-13-14-16-18-20-26(32)36-28(34)30(23-11-7-3)24-12-8-4/h5-24H2,1-4H3. The summed E-state index contributed by atoms with van der Waals surface area (Å²) in [5.41, 5.74) is 0. The van der Waals surface area contributed by atoms with E-state index in [1.165, 1.54) is 23.5 Å². The van der Waals surface area contributed by atoms with Crippen molar-refractivity contribution >= 4 is 66.8 Å². The maximum absolute atomic E-state index is 12.4. The minimum atomic E-state index is 0.198. The number of unbranched alkanes of at least 4 members (excludes halogenated alkanes) is 9.